The van der Waals surface area contributed by atoms with Gasteiger partial charge < -0.3 is 35.1 Å². The number of nitrogens with two attached hydrogens (primary N) is 1. The van der Waals surface area contributed by atoms with Crippen molar-refractivity contribution in [2.75, 3.05) is 27.4 Å². The number of aromatic amines is 1. The number of aliphatic carboxylic acids is 1. The Balaban J connectivity index is 0.000000256. The Morgan fingerprint density at radius 2 is 1.82 bits per heavy atom. The highest BCUT2D eigenvalue weighted by Crippen LogP contribution is 2.34. The number of hydrogen-bond donors (Lipinski definition) is 4. The maximum atomic E-state index is 10.8. The SMILES string of the molecule is CCOCC1=CC(OC)=C(c2ccc(CCC(=O)O)cc2)C(OC)C1.NC(=O)c1[nH]c2ccccc2c1O. The first-order chi connectivity index (χ1) is 18.3. The van der Waals surface area contributed by atoms with Crippen molar-refractivity contribution in [1.82, 2.24) is 4.98 Å². The predicted octanol–water partition coefficient (Wildman–Crippen LogP) is 4.42. The van der Waals surface area contributed by atoms with Gasteiger partial charge in [-0.2, -0.15) is 0 Å². The number of nitrogens with one attached hydrogen (secondary N) is 1. The van der Waals surface area contributed by atoms with Crippen LogP contribution in [0, 0.1) is 0 Å². The van der Waals surface area contributed by atoms with Gasteiger partial charge in [-0.15, -0.1) is 0 Å². The second-order valence-corrected chi connectivity index (χ2v) is 8.70. The molecule has 4 rings (SSSR count). The van der Waals surface area contributed by atoms with Crippen LogP contribution < -0.4 is 5.73 Å². The fraction of sp³-hybridized carbons (Fsp3) is 0.310. The molecule has 0 spiro atoms. The monoisotopic (exact) mass is 522 g/mol. The smallest absolute Gasteiger partial charge is 0.303 e. The van der Waals surface area contributed by atoms with Gasteiger partial charge in [0, 0.05) is 43.0 Å². The Morgan fingerprint density at radius 1 is 1.11 bits per heavy atom. The van der Waals surface area contributed by atoms with Crippen LogP contribution in [-0.2, 0) is 25.4 Å². The summed E-state index contributed by atoms with van der Waals surface area (Å²) in [4.78, 5) is 24.3. The summed E-state index contributed by atoms with van der Waals surface area (Å²) in [5, 5.41) is 18.9. The number of ether oxygens (including phenoxy) is 3. The first-order valence-electron chi connectivity index (χ1n) is 12.3. The molecule has 1 amide bonds. The van der Waals surface area contributed by atoms with Crippen LogP contribution in [0.25, 0.3) is 16.5 Å². The number of methoxy groups -OCH3 is 2. The standard InChI is InChI=1S/C20H26O5.C9H8N2O2/c1-4-25-13-15-11-17(23-2)20(18(12-15)24-3)16-8-5-14(6-9-16)7-10-19(21)22;10-9(13)7-8(12)5-3-1-2-4-6(5)11-7/h5-6,8-9,11,18H,4,7,10,12-13H2,1-3H3,(H,21,22);1-4,11-12H,(H2,10,13). The van der Waals surface area contributed by atoms with Crippen molar-refractivity contribution in [3.63, 3.8) is 0 Å². The predicted molar refractivity (Wildman–Crippen MR) is 145 cm³/mol. The number of fused-ring (bicyclic) bond motifs is 1. The molecule has 1 aromatic heterocycles. The number of benzene rings is 2. The van der Waals surface area contributed by atoms with Gasteiger partial charge in [0.05, 0.1) is 19.8 Å². The second-order valence-electron chi connectivity index (χ2n) is 8.70. The van der Waals surface area contributed by atoms with Crippen LogP contribution in [0.2, 0.25) is 0 Å². The first kappa shape index (κ1) is 28.5. The number of carboxylic acids is 1. The molecule has 1 heterocycles. The van der Waals surface area contributed by atoms with Gasteiger partial charge in [0.1, 0.15) is 11.5 Å². The average molecular weight is 523 g/mol. The zero-order valence-electron chi connectivity index (χ0n) is 21.8. The molecule has 9 nitrogen and oxygen atoms in total. The summed E-state index contributed by atoms with van der Waals surface area (Å²) in [6.45, 7) is 3.22. The lowest BCUT2D eigenvalue weighted by molar-refractivity contribution is -0.136. The highest BCUT2D eigenvalue weighted by Gasteiger charge is 2.26. The van der Waals surface area contributed by atoms with Gasteiger partial charge in [0.25, 0.3) is 5.91 Å². The van der Waals surface area contributed by atoms with Crippen molar-refractivity contribution in [2.24, 2.45) is 5.73 Å². The molecule has 1 aliphatic rings. The maximum absolute atomic E-state index is 10.8. The number of rotatable bonds is 10. The van der Waals surface area contributed by atoms with Gasteiger partial charge in [-0.25, -0.2) is 0 Å². The molecular formula is C29H34N2O7. The molecule has 5 N–H and O–H groups in total. The van der Waals surface area contributed by atoms with Gasteiger partial charge in [-0.05, 0) is 48.3 Å². The number of carboxylic acid groups (broad SMARTS) is 1. The first-order valence-corrected chi connectivity index (χ1v) is 12.3. The summed E-state index contributed by atoms with van der Waals surface area (Å²) in [7, 11) is 3.35. The minimum absolute atomic E-state index is 0.0567. The summed E-state index contributed by atoms with van der Waals surface area (Å²) in [5.74, 6) is -0.741. The number of para-hydroxylation sites is 1. The van der Waals surface area contributed by atoms with Crippen LogP contribution in [0.4, 0.5) is 0 Å². The molecule has 38 heavy (non-hydrogen) atoms. The van der Waals surface area contributed by atoms with E-state index in [9.17, 15) is 14.7 Å². The largest absolute Gasteiger partial charge is 0.505 e. The van der Waals surface area contributed by atoms with E-state index < -0.39 is 11.9 Å². The Kier molecular flexibility index (Phi) is 10.1. The summed E-state index contributed by atoms with van der Waals surface area (Å²) in [6, 6.07) is 15.0. The number of allylic oxidation sites excluding steroid dienone is 1. The molecule has 1 aliphatic carbocycles. The van der Waals surface area contributed by atoms with Crippen LogP contribution >= 0.6 is 0 Å². The van der Waals surface area contributed by atoms with Gasteiger partial charge in [-0.1, -0.05) is 36.4 Å². The van der Waals surface area contributed by atoms with Crippen molar-refractivity contribution in [3.05, 3.63) is 82.8 Å². The molecule has 0 saturated heterocycles. The van der Waals surface area contributed by atoms with E-state index in [1.54, 1.807) is 32.4 Å². The Bertz CT molecular complexity index is 1320. The number of H-pyrrole nitrogens is 1. The third-order valence-electron chi connectivity index (χ3n) is 6.18. The van der Waals surface area contributed by atoms with E-state index in [1.165, 1.54) is 0 Å². The molecule has 0 saturated carbocycles. The number of aryl methyl sites for hydroxylation is 1. The van der Waals surface area contributed by atoms with Crippen molar-refractivity contribution in [1.29, 1.82) is 0 Å². The highest BCUT2D eigenvalue weighted by atomic mass is 16.5. The maximum Gasteiger partial charge on any atom is 0.303 e. The highest BCUT2D eigenvalue weighted by molar-refractivity contribution is 6.02. The molecule has 202 valence electrons. The molecule has 1 unspecified atom stereocenters. The number of carbonyl (C=O) groups excluding carboxylic acids is 1. The fourth-order valence-electron chi connectivity index (χ4n) is 4.26. The van der Waals surface area contributed by atoms with Crippen molar-refractivity contribution in [2.45, 2.75) is 32.3 Å². The van der Waals surface area contributed by atoms with Gasteiger partial charge >= 0.3 is 5.97 Å². The fourth-order valence-corrected chi connectivity index (χ4v) is 4.26. The molecule has 1 atom stereocenters. The zero-order chi connectivity index (χ0) is 27.7. The van der Waals surface area contributed by atoms with Crippen molar-refractivity contribution in [3.8, 4) is 5.75 Å². The lowest BCUT2D eigenvalue weighted by atomic mass is 9.89. The molecule has 0 radical (unpaired) electrons. The molecular weight excluding hydrogens is 488 g/mol. The lowest BCUT2D eigenvalue weighted by Gasteiger charge is -2.27. The topological polar surface area (TPSA) is 144 Å². The van der Waals surface area contributed by atoms with E-state index in [0.29, 0.717) is 30.5 Å². The Morgan fingerprint density at radius 3 is 2.39 bits per heavy atom. The third kappa shape index (κ3) is 7.02. The quantitative estimate of drug-likeness (QED) is 0.309. The van der Waals surface area contributed by atoms with Gasteiger partial charge in [-0.3, -0.25) is 9.59 Å². The van der Waals surface area contributed by atoms with E-state index in [1.807, 2.05) is 43.3 Å². The minimum Gasteiger partial charge on any atom is -0.505 e. The van der Waals surface area contributed by atoms with Crippen LogP contribution in [-0.4, -0.2) is 60.6 Å². The van der Waals surface area contributed by atoms with Gasteiger partial charge in [0.2, 0.25) is 0 Å². The molecule has 0 bridgehead atoms. The summed E-state index contributed by atoms with van der Waals surface area (Å²) < 4.78 is 16.8. The molecule has 0 aliphatic heterocycles. The number of aromatic nitrogens is 1. The number of hydrogen-bond acceptors (Lipinski definition) is 6. The minimum atomic E-state index is -0.785. The summed E-state index contributed by atoms with van der Waals surface area (Å²) in [6.07, 6.45) is 3.35. The number of amides is 1. The van der Waals surface area contributed by atoms with Gasteiger partial charge in [0.15, 0.2) is 5.75 Å². The number of primary amides is 1. The van der Waals surface area contributed by atoms with Crippen LogP contribution in [0.15, 0.2) is 65.9 Å². The molecule has 0 fully saturated rings. The normalized spacial score (nSPS) is 15.0. The van der Waals surface area contributed by atoms with E-state index in [4.69, 9.17) is 25.1 Å². The summed E-state index contributed by atoms with van der Waals surface area (Å²) >= 11 is 0. The van der Waals surface area contributed by atoms with Crippen LogP contribution in [0.5, 0.6) is 5.75 Å². The Hall–Kier alpha value is -4.08. The van der Waals surface area contributed by atoms with E-state index >= 15 is 0 Å². The third-order valence-corrected chi connectivity index (χ3v) is 6.18. The van der Waals surface area contributed by atoms with Crippen LogP contribution in [0.3, 0.4) is 0 Å². The van der Waals surface area contributed by atoms with E-state index in [0.717, 1.165) is 34.5 Å². The van der Waals surface area contributed by atoms with E-state index in [2.05, 4.69) is 4.98 Å². The van der Waals surface area contributed by atoms with E-state index in [-0.39, 0.29) is 24.0 Å². The lowest BCUT2D eigenvalue weighted by Crippen LogP contribution is -2.21. The number of aromatic hydroxyl groups is 1. The molecule has 2 aromatic carbocycles. The molecule has 3 aromatic rings. The number of carbonyl (C=O) groups is 2. The zero-order valence-corrected chi connectivity index (χ0v) is 21.8. The van der Waals surface area contributed by atoms with Crippen molar-refractivity contribution < 1.29 is 34.0 Å². The summed E-state index contributed by atoms with van der Waals surface area (Å²) in [5.41, 5.74) is 9.99. The van der Waals surface area contributed by atoms with Crippen molar-refractivity contribution >= 4 is 28.4 Å². The average Bonchev–Trinajstić information content (AvgIpc) is 3.27. The molecule has 9 heteroatoms. The van der Waals surface area contributed by atoms with Crippen LogP contribution in [0.1, 0.15) is 41.4 Å². The Labute approximate surface area is 221 Å². The second kappa shape index (κ2) is 13.5.